The van der Waals surface area contributed by atoms with Gasteiger partial charge in [0, 0.05) is 32.6 Å². The number of para-hydroxylation sites is 1. The van der Waals surface area contributed by atoms with E-state index in [2.05, 4.69) is 65.2 Å². The first-order chi connectivity index (χ1) is 16.8. The molecule has 0 fully saturated rings. The summed E-state index contributed by atoms with van der Waals surface area (Å²) in [6, 6.07) is 25.3. The number of nitrogens with zero attached hydrogens (tertiary/aromatic N) is 2. The lowest BCUT2D eigenvalue weighted by atomic mass is 10.1. The van der Waals surface area contributed by atoms with Crippen LogP contribution in [0, 0.1) is 0 Å². The van der Waals surface area contributed by atoms with E-state index in [9.17, 15) is 0 Å². The van der Waals surface area contributed by atoms with Gasteiger partial charge >= 0.3 is 0 Å². The number of fused-ring (bicyclic) bond motifs is 7. The molecule has 0 unspecified atom stereocenters. The number of ether oxygens (including phenoxy) is 1. The van der Waals surface area contributed by atoms with Gasteiger partial charge in [-0.15, -0.1) is 11.3 Å². The molecule has 0 atom stereocenters. The van der Waals surface area contributed by atoms with E-state index in [0.717, 1.165) is 22.5 Å². The molecule has 0 bridgehead atoms. The Morgan fingerprint density at radius 3 is 2.15 bits per heavy atom. The fourth-order valence-corrected chi connectivity index (χ4v) is 5.32. The van der Waals surface area contributed by atoms with Crippen LogP contribution >= 0.6 is 11.3 Å². The monoisotopic (exact) mass is 470 g/mol. The van der Waals surface area contributed by atoms with Crippen LogP contribution in [0.2, 0.25) is 0 Å². The summed E-state index contributed by atoms with van der Waals surface area (Å²) in [5.41, 5.74) is 4.46. The first-order valence-electron chi connectivity index (χ1n) is 12.2. The maximum absolute atomic E-state index is 5.46. The third-order valence-electron chi connectivity index (χ3n) is 5.34. The number of benzene rings is 3. The molecular weight excluding hydrogens is 436 g/mol. The standard InChI is InChI=1S/C24H16N2OS.3C2H6/c1-27-16-8-6-7-15(13-16)26-19-11-4-2-9-17(19)22-20(26)14-25-23-18-10-3-5-12-21(18)28-24(22)23;3*1-2/h2-14H,1H3;3*1-2H3. The maximum Gasteiger partial charge on any atom is 0.120 e. The zero-order valence-corrected chi connectivity index (χ0v) is 22.0. The molecule has 3 aromatic carbocycles. The topological polar surface area (TPSA) is 27.1 Å². The van der Waals surface area contributed by atoms with Crippen LogP contribution in [0.1, 0.15) is 41.5 Å². The van der Waals surface area contributed by atoms with Crippen molar-refractivity contribution in [1.82, 2.24) is 9.55 Å². The van der Waals surface area contributed by atoms with E-state index < -0.39 is 0 Å². The summed E-state index contributed by atoms with van der Waals surface area (Å²) in [6.07, 6.45) is 2.01. The number of hydrogen-bond donors (Lipinski definition) is 0. The SMILES string of the molecule is CC.CC.CC.COc1cccc(-n2c3ccccc3c3c4sc5ccccc5c4ncc32)c1. The number of aromatic nitrogens is 2. The van der Waals surface area contributed by atoms with Gasteiger partial charge in [-0.25, -0.2) is 0 Å². The van der Waals surface area contributed by atoms with Crippen LogP contribution in [0.5, 0.6) is 5.75 Å². The largest absolute Gasteiger partial charge is 0.497 e. The van der Waals surface area contributed by atoms with E-state index in [4.69, 9.17) is 9.72 Å². The number of rotatable bonds is 2. The number of pyridine rings is 1. The van der Waals surface area contributed by atoms with Crippen molar-refractivity contribution in [1.29, 1.82) is 0 Å². The summed E-state index contributed by atoms with van der Waals surface area (Å²) in [5, 5.41) is 3.74. The minimum absolute atomic E-state index is 0.847. The van der Waals surface area contributed by atoms with Gasteiger partial charge in [0.2, 0.25) is 0 Å². The average Bonchev–Trinajstić information content (AvgIpc) is 3.48. The van der Waals surface area contributed by atoms with E-state index in [0.29, 0.717) is 0 Å². The molecule has 4 heteroatoms. The Balaban J connectivity index is 0.000000503. The number of thiophene rings is 1. The summed E-state index contributed by atoms with van der Waals surface area (Å²) < 4.78 is 10.3. The summed E-state index contributed by atoms with van der Waals surface area (Å²) in [6.45, 7) is 12.0. The lowest BCUT2D eigenvalue weighted by Gasteiger charge is -2.09. The fraction of sp³-hybridized carbons (Fsp3) is 0.233. The molecule has 0 aliphatic rings. The molecule has 0 saturated heterocycles. The van der Waals surface area contributed by atoms with Gasteiger partial charge in [-0.1, -0.05) is 84.0 Å². The van der Waals surface area contributed by atoms with Crippen LogP contribution in [0.15, 0.2) is 79.0 Å². The Hall–Kier alpha value is -3.37. The van der Waals surface area contributed by atoms with Gasteiger partial charge in [-0.05, 0) is 24.3 Å². The van der Waals surface area contributed by atoms with E-state index >= 15 is 0 Å². The number of hydrogen-bond acceptors (Lipinski definition) is 3. The summed E-state index contributed by atoms with van der Waals surface area (Å²) >= 11 is 1.82. The highest BCUT2D eigenvalue weighted by molar-refractivity contribution is 7.26. The normalized spacial score (nSPS) is 10.2. The molecule has 6 aromatic rings. The first-order valence-corrected chi connectivity index (χ1v) is 13.0. The van der Waals surface area contributed by atoms with Gasteiger partial charge in [0.15, 0.2) is 0 Å². The molecule has 0 saturated carbocycles. The first kappa shape index (κ1) is 25.3. The molecule has 0 aliphatic heterocycles. The molecule has 6 rings (SSSR count). The Kier molecular flexibility index (Phi) is 8.67. The van der Waals surface area contributed by atoms with Crippen molar-refractivity contribution in [3.05, 3.63) is 79.0 Å². The highest BCUT2D eigenvalue weighted by Crippen LogP contribution is 2.42. The average molecular weight is 471 g/mol. The third kappa shape index (κ3) is 4.26. The summed E-state index contributed by atoms with van der Waals surface area (Å²) in [4.78, 5) is 4.88. The van der Waals surface area contributed by atoms with Crippen LogP contribution in [0.25, 0.3) is 47.8 Å². The van der Waals surface area contributed by atoms with Gasteiger partial charge in [-0.2, -0.15) is 0 Å². The molecule has 3 heterocycles. The van der Waals surface area contributed by atoms with Crippen molar-refractivity contribution >= 4 is 53.4 Å². The number of methoxy groups -OCH3 is 1. The van der Waals surface area contributed by atoms with Crippen LogP contribution in [-0.4, -0.2) is 16.7 Å². The predicted molar refractivity (Wildman–Crippen MR) is 152 cm³/mol. The third-order valence-corrected chi connectivity index (χ3v) is 6.51. The molecule has 3 nitrogen and oxygen atoms in total. The lowest BCUT2D eigenvalue weighted by Crippen LogP contribution is -1.95. The van der Waals surface area contributed by atoms with Gasteiger partial charge in [0.05, 0.1) is 34.6 Å². The molecule has 176 valence electrons. The maximum atomic E-state index is 5.46. The van der Waals surface area contributed by atoms with Gasteiger partial charge < -0.3 is 9.30 Å². The van der Waals surface area contributed by atoms with Crippen molar-refractivity contribution in [3.8, 4) is 11.4 Å². The fourth-order valence-electron chi connectivity index (χ4n) is 4.10. The molecule has 34 heavy (non-hydrogen) atoms. The molecule has 0 aliphatic carbocycles. The van der Waals surface area contributed by atoms with Crippen molar-refractivity contribution in [2.45, 2.75) is 41.5 Å². The highest BCUT2D eigenvalue weighted by atomic mass is 32.1. The van der Waals surface area contributed by atoms with Crippen molar-refractivity contribution in [2.75, 3.05) is 7.11 Å². The smallest absolute Gasteiger partial charge is 0.120 e. The summed E-state index contributed by atoms with van der Waals surface area (Å²) in [7, 11) is 1.70. The lowest BCUT2D eigenvalue weighted by molar-refractivity contribution is 0.414. The Bertz CT molecular complexity index is 1510. The Morgan fingerprint density at radius 2 is 1.41 bits per heavy atom. The summed E-state index contributed by atoms with van der Waals surface area (Å²) in [5.74, 6) is 0.847. The molecule has 3 aromatic heterocycles. The van der Waals surface area contributed by atoms with Crippen LogP contribution in [0.3, 0.4) is 0 Å². The van der Waals surface area contributed by atoms with Crippen molar-refractivity contribution in [2.24, 2.45) is 0 Å². The van der Waals surface area contributed by atoms with E-state index in [1.807, 2.05) is 71.2 Å². The minimum Gasteiger partial charge on any atom is -0.497 e. The zero-order chi connectivity index (χ0) is 24.7. The van der Waals surface area contributed by atoms with Gasteiger partial charge in [-0.3, -0.25) is 4.98 Å². The van der Waals surface area contributed by atoms with E-state index in [1.54, 1.807) is 7.11 Å². The highest BCUT2D eigenvalue weighted by Gasteiger charge is 2.18. The van der Waals surface area contributed by atoms with Gasteiger partial charge in [0.25, 0.3) is 0 Å². The van der Waals surface area contributed by atoms with E-state index in [1.165, 1.54) is 31.1 Å². The van der Waals surface area contributed by atoms with E-state index in [-0.39, 0.29) is 0 Å². The second-order valence-electron chi connectivity index (χ2n) is 6.85. The quantitative estimate of drug-likeness (QED) is 0.252. The second-order valence-corrected chi connectivity index (χ2v) is 7.90. The zero-order valence-electron chi connectivity index (χ0n) is 21.2. The second kappa shape index (κ2) is 11.7. The van der Waals surface area contributed by atoms with Crippen LogP contribution in [0.4, 0.5) is 0 Å². The van der Waals surface area contributed by atoms with Crippen LogP contribution in [-0.2, 0) is 0 Å². The van der Waals surface area contributed by atoms with Crippen LogP contribution < -0.4 is 4.74 Å². The molecule has 0 radical (unpaired) electrons. The predicted octanol–water partition coefficient (Wildman–Crippen LogP) is 9.63. The van der Waals surface area contributed by atoms with Gasteiger partial charge in [0.1, 0.15) is 5.75 Å². The van der Waals surface area contributed by atoms with Crippen molar-refractivity contribution in [3.63, 3.8) is 0 Å². The molecular formula is C30H34N2OS. The minimum atomic E-state index is 0.847. The Labute approximate surface area is 206 Å². The molecule has 0 amide bonds. The molecule has 0 N–H and O–H groups in total. The Morgan fingerprint density at radius 1 is 0.735 bits per heavy atom. The van der Waals surface area contributed by atoms with Crippen molar-refractivity contribution < 1.29 is 4.74 Å². The molecule has 0 spiro atoms.